The first-order chi connectivity index (χ1) is 11.9. The summed E-state index contributed by atoms with van der Waals surface area (Å²) in [4.78, 5) is 12.1. The zero-order valence-electron chi connectivity index (χ0n) is 13.7. The highest BCUT2D eigenvalue weighted by Crippen LogP contribution is 2.21. The number of halogens is 1. The summed E-state index contributed by atoms with van der Waals surface area (Å²) in [5, 5.41) is 3.34. The van der Waals surface area contributed by atoms with E-state index < -0.39 is 9.84 Å². The number of hydrogen-bond donors (Lipinski definition) is 1. The summed E-state index contributed by atoms with van der Waals surface area (Å²) in [6, 6.07) is 10.1. The molecule has 0 bridgehead atoms. The lowest BCUT2D eigenvalue weighted by atomic mass is 10.2. The first-order valence-electron chi connectivity index (χ1n) is 8.26. The van der Waals surface area contributed by atoms with Crippen molar-refractivity contribution in [3.05, 3.63) is 58.5 Å². The standard InChI is InChI=1S/C18H20ClNO4S/c19-16-8-4-1-5-13(16)11-25(22,23)12-15-9-10-17(24-15)18(21)20-14-6-2-3-7-14/h1,4-5,8-10,14H,2-3,6-7,11-12H2,(H,20,21). The molecule has 1 fully saturated rings. The van der Waals surface area contributed by atoms with Crippen LogP contribution in [0.3, 0.4) is 0 Å². The van der Waals surface area contributed by atoms with Crippen LogP contribution >= 0.6 is 11.6 Å². The predicted molar refractivity (Wildman–Crippen MR) is 96.2 cm³/mol. The van der Waals surface area contributed by atoms with E-state index in [4.69, 9.17) is 16.0 Å². The van der Waals surface area contributed by atoms with Gasteiger partial charge in [0.05, 0.1) is 5.75 Å². The molecule has 7 heteroatoms. The number of benzene rings is 1. The molecule has 1 N–H and O–H groups in total. The number of carbonyl (C=O) groups excluding carboxylic acids is 1. The number of hydrogen-bond acceptors (Lipinski definition) is 4. The quantitative estimate of drug-likeness (QED) is 0.827. The van der Waals surface area contributed by atoms with Gasteiger partial charge in [0, 0.05) is 11.1 Å². The van der Waals surface area contributed by atoms with Crippen molar-refractivity contribution in [3.63, 3.8) is 0 Å². The maximum atomic E-state index is 12.4. The second-order valence-electron chi connectivity index (χ2n) is 6.34. The van der Waals surface area contributed by atoms with Crippen molar-refractivity contribution < 1.29 is 17.6 Å². The van der Waals surface area contributed by atoms with Crippen LogP contribution in [0, 0.1) is 0 Å². The zero-order chi connectivity index (χ0) is 17.9. The largest absolute Gasteiger partial charge is 0.455 e. The van der Waals surface area contributed by atoms with E-state index in [1.165, 1.54) is 12.1 Å². The molecular weight excluding hydrogens is 362 g/mol. The van der Waals surface area contributed by atoms with Gasteiger partial charge < -0.3 is 9.73 Å². The molecule has 1 aromatic heterocycles. The summed E-state index contributed by atoms with van der Waals surface area (Å²) in [6.07, 6.45) is 4.19. The van der Waals surface area contributed by atoms with E-state index in [9.17, 15) is 13.2 Å². The van der Waals surface area contributed by atoms with E-state index in [2.05, 4.69) is 5.32 Å². The second kappa shape index (κ2) is 7.62. The number of rotatable bonds is 6. The first-order valence-corrected chi connectivity index (χ1v) is 10.5. The Balaban J connectivity index is 1.63. The number of sulfone groups is 1. The molecule has 0 radical (unpaired) electrons. The highest BCUT2D eigenvalue weighted by Gasteiger charge is 2.22. The van der Waals surface area contributed by atoms with E-state index >= 15 is 0 Å². The van der Waals surface area contributed by atoms with Gasteiger partial charge in [-0.15, -0.1) is 0 Å². The van der Waals surface area contributed by atoms with Crippen molar-refractivity contribution >= 4 is 27.3 Å². The minimum atomic E-state index is -3.45. The van der Waals surface area contributed by atoms with E-state index in [1.807, 2.05) is 0 Å². The summed E-state index contributed by atoms with van der Waals surface area (Å²) in [6.45, 7) is 0. The monoisotopic (exact) mass is 381 g/mol. The average molecular weight is 382 g/mol. The third-order valence-electron chi connectivity index (χ3n) is 4.27. The molecule has 25 heavy (non-hydrogen) atoms. The Morgan fingerprint density at radius 1 is 1.12 bits per heavy atom. The average Bonchev–Trinajstić information content (AvgIpc) is 3.21. The van der Waals surface area contributed by atoms with Crippen LogP contribution in [0.1, 0.15) is 47.6 Å². The van der Waals surface area contributed by atoms with Gasteiger partial charge in [-0.25, -0.2) is 8.42 Å². The Hall–Kier alpha value is -1.79. The SMILES string of the molecule is O=C(NC1CCCC1)c1ccc(CS(=O)(=O)Cc2ccccc2Cl)o1. The lowest BCUT2D eigenvalue weighted by Gasteiger charge is -2.10. The number of carbonyl (C=O) groups is 1. The fourth-order valence-corrected chi connectivity index (χ4v) is 4.72. The summed E-state index contributed by atoms with van der Waals surface area (Å²) in [5.41, 5.74) is 0.551. The molecule has 2 aromatic rings. The minimum absolute atomic E-state index is 0.148. The van der Waals surface area contributed by atoms with Crippen LogP contribution in [0.4, 0.5) is 0 Å². The van der Waals surface area contributed by atoms with Gasteiger partial charge in [-0.3, -0.25) is 4.79 Å². The van der Waals surface area contributed by atoms with Gasteiger partial charge in [0.25, 0.3) is 5.91 Å². The Morgan fingerprint density at radius 2 is 1.84 bits per heavy atom. The van der Waals surface area contributed by atoms with E-state index in [0.29, 0.717) is 10.6 Å². The van der Waals surface area contributed by atoms with Crippen molar-refractivity contribution in [3.8, 4) is 0 Å². The molecule has 1 amide bonds. The maximum Gasteiger partial charge on any atom is 0.287 e. The second-order valence-corrected chi connectivity index (χ2v) is 8.82. The van der Waals surface area contributed by atoms with Crippen molar-refractivity contribution in [2.75, 3.05) is 0 Å². The van der Waals surface area contributed by atoms with Crippen LogP contribution in [-0.4, -0.2) is 20.4 Å². The lowest BCUT2D eigenvalue weighted by Crippen LogP contribution is -2.32. The van der Waals surface area contributed by atoms with Crippen LogP contribution < -0.4 is 5.32 Å². The smallest absolute Gasteiger partial charge is 0.287 e. The Kier molecular flexibility index (Phi) is 5.49. The molecule has 134 valence electrons. The first kappa shape index (κ1) is 18.0. The predicted octanol–water partition coefficient (Wildman–Crippen LogP) is 3.72. The summed E-state index contributed by atoms with van der Waals surface area (Å²) < 4.78 is 30.2. The molecule has 5 nitrogen and oxygen atoms in total. The van der Waals surface area contributed by atoms with Gasteiger partial charge in [0.15, 0.2) is 15.6 Å². The fourth-order valence-electron chi connectivity index (χ4n) is 3.02. The molecule has 3 rings (SSSR count). The number of nitrogens with one attached hydrogen (secondary N) is 1. The Morgan fingerprint density at radius 3 is 2.56 bits per heavy atom. The highest BCUT2D eigenvalue weighted by atomic mass is 35.5. The third-order valence-corrected chi connectivity index (χ3v) is 6.12. The number of furan rings is 1. The van der Waals surface area contributed by atoms with Gasteiger partial charge >= 0.3 is 0 Å². The zero-order valence-corrected chi connectivity index (χ0v) is 15.3. The van der Waals surface area contributed by atoms with Gasteiger partial charge in [-0.05, 0) is 36.6 Å². The molecular formula is C18H20ClNO4S. The number of amides is 1. The molecule has 0 aliphatic heterocycles. The third kappa shape index (κ3) is 4.86. The molecule has 1 aliphatic rings. The van der Waals surface area contributed by atoms with E-state index in [1.54, 1.807) is 24.3 Å². The molecule has 0 unspecified atom stereocenters. The van der Waals surface area contributed by atoms with Crippen molar-refractivity contribution in [2.24, 2.45) is 0 Å². The van der Waals surface area contributed by atoms with E-state index in [-0.39, 0.29) is 35.0 Å². The molecule has 1 saturated carbocycles. The molecule has 1 aromatic carbocycles. The lowest BCUT2D eigenvalue weighted by molar-refractivity contribution is 0.0908. The minimum Gasteiger partial charge on any atom is -0.455 e. The van der Waals surface area contributed by atoms with E-state index in [0.717, 1.165) is 25.7 Å². The molecule has 0 spiro atoms. The van der Waals surface area contributed by atoms with Crippen LogP contribution in [0.2, 0.25) is 5.02 Å². The topological polar surface area (TPSA) is 76.4 Å². The molecule has 0 saturated heterocycles. The van der Waals surface area contributed by atoms with Gasteiger partial charge in [0.2, 0.25) is 0 Å². The van der Waals surface area contributed by atoms with Crippen molar-refractivity contribution in [1.82, 2.24) is 5.32 Å². The van der Waals surface area contributed by atoms with Crippen molar-refractivity contribution in [1.29, 1.82) is 0 Å². The summed E-state index contributed by atoms with van der Waals surface area (Å²) in [5.74, 6) is -0.327. The molecule has 1 heterocycles. The highest BCUT2D eigenvalue weighted by molar-refractivity contribution is 7.89. The van der Waals surface area contributed by atoms with Gasteiger partial charge in [0.1, 0.15) is 11.5 Å². The summed E-state index contributed by atoms with van der Waals surface area (Å²) >= 11 is 6.02. The van der Waals surface area contributed by atoms with Crippen LogP contribution in [0.15, 0.2) is 40.8 Å². The van der Waals surface area contributed by atoms with Gasteiger partial charge in [-0.2, -0.15) is 0 Å². The van der Waals surface area contributed by atoms with Gasteiger partial charge in [-0.1, -0.05) is 42.6 Å². The fraction of sp³-hybridized carbons (Fsp3) is 0.389. The Bertz CT molecular complexity index is 853. The Labute approximate surface area is 152 Å². The molecule has 0 atom stereocenters. The maximum absolute atomic E-state index is 12.4. The van der Waals surface area contributed by atoms with Crippen LogP contribution in [0.25, 0.3) is 0 Å². The van der Waals surface area contributed by atoms with Crippen LogP contribution in [0.5, 0.6) is 0 Å². The van der Waals surface area contributed by atoms with Crippen molar-refractivity contribution in [2.45, 2.75) is 43.2 Å². The summed E-state index contributed by atoms with van der Waals surface area (Å²) in [7, 11) is -3.45. The normalized spacial score (nSPS) is 15.4. The van der Waals surface area contributed by atoms with Crippen LogP contribution in [-0.2, 0) is 21.3 Å². The molecule has 1 aliphatic carbocycles.